The van der Waals surface area contributed by atoms with Crippen LogP contribution in [0.4, 0.5) is 4.39 Å². The molecule has 5 nitrogen and oxygen atoms in total. The predicted molar refractivity (Wildman–Crippen MR) is 94.0 cm³/mol. The van der Waals surface area contributed by atoms with Gasteiger partial charge in [0.1, 0.15) is 17.4 Å². The molecule has 1 atom stereocenters. The third kappa shape index (κ3) is 3.17. The van der Waals surface area contributed by atoms with Crippen LogP contribution in [0.5, 0.6) is 0 Å². The second-order valence-corrected chi connectivity index (χ2v) is 5.75. The SMILES string of the molecule is O=C(N[C@@H](c1cccnc1)c1cc2ccccc2o1)c1ccnc(F)c1. The summed E-state index contributed by atoms with van der Waals surface area (Å²) in [7, 11) is 0. The Morgan fingerprint density at radius 3 is 2.73 bits per heavy atom. The lowest BCUT2D eigenvalue weighted by atomic mass is 10.1. The number of amides is 1. The van der Waals surface area contributed by atoms with Crippen molar-refractivity contribution in [2.45, 2.75) is 6.04 Å². The van der Waals surface area contributed by atoms with E-state index < -0.39 is 17.9 Å². The first-order valence-corrected chi connectivity index (χ1v) is 8.01. The van der Waals surface area contributed by atoms with Crippen LogP contribution in [0.25, 0.3) is 11.0 Å². The van der Waals surface area contributed by atoms with Crippen LogP contribution < -0.4 is 5.32 Å². The van der Waals surface area contributed by atoms with E-state index in [1.165, 1.54) is 12.3 Å². The van der Waals surface area contributed by atoms with Crippen LogP contribution in [0.3, 0.4) is 0 Å². The molecule has 0 spiro atoms. The zero-order valence-corrected chi connectivity index (χ0v) is 13.6. The van der Waals surface area contributed by atoms with Crippen LogP contribution in [0.2, 0.25) is 0 Å². The van der Waals surface area contributed by atoms with Crippen molar-refractivity contribution < 1.29 is 13.6 Å². The lowest BCUT2D eigenvalue weighted by Crippen LogP contribution is -2.29. The Bertz CT molecular complexity index is 1030. The fourth-order valence-electron chi connectivity index (χ4n) is 2.77. The summed E-state index contributed by atoms with van der Waals surface area (Å²) in [6.07, 6.45) is 4.56. The van der Waals surface area contributed by atoms with E-state index in [0.29, 0.717) is 5.76 Å². The second-order valence-electron chi connectivity index (χ2n) is 5.75. The summed E-state index contributed by atoms with van der Waals surface area (Å²) < 4.78 is 19.2. The molecule has 0 bridgehead atoms. The number of carbonyl (C=O) groups excluding carboxylic acids is 1. The van der Waals surface area contributed by atoms with E-state index in [2.05, 4.69) is 15.3 Å². The number of furan rings is 1. The van der Waals surface area contributed by atoms with Gasteiger partial charge in [-0.25, -0.2) is 4.98 Å². The normalized spacial score (nSPS) is 12.0. The highest BCUT2D eigenvalue weighted by molar-refractivity contribution is 5.94. The number of para-hydroxylation sites is 1. The van der Waals surface area contributed by atoms with Crippen LogP contribution in [0, 0.1) is 5.95 Å². The van der Waals surface area contributed by atoms with Crippen molar-refractivity contribution >= 4 is 16.9 Å². The number of benzene rings is 1. The number of nitrogens with one attached hydrogen (secondary N) is 1. The van der Waals surface area contributed by atoms with Crippen molar-refractivity contribution in [3.8, 4) is 0 Å². The molecule has 0 aliphatic rings. The smallest absolute Gasteiger partial charge is 0.252 e. The van der Waals surface area contributed by atoms with Gasteiger partial charge in [0, 0.05) is 41.2 Å². The molecule has 0 radical (unpaired) electrons. The van der Waals surface area contributed by atoms with E-state index in [4.69, 9.17) is 4.42 Å². The molecule has 4 rings (SSSR count). The molecule has 3 heterocycles. The van der Waals surface area contributed by atoms with E-state index in [1.807, 2.05) is 36.4 Å². The molecular weight excluding hydrogens is 333 g/mol. The zero-order valence-electron chi connectivity index (χ0n) is 13.6. The standard InChI is InChI=1S/C20H14FN3O2/c21-18-11-14(7-9-23-18)20(25)24-19(15-5-3-8-22-12-15)17-10-13-4-1-2-6-16(13)26-17/h1-12,19H,(H,24,25)/t19-/m0/s1. The molecule has 1 aromatic carbocycles. The van der Waals surface area contributed by atoms with Crippen LogP contribution in [-0.2, 0) is 0 Å². The van der Waals surface area contributed by atoms with E-state index >= 15 is 0 Å². The van der Waals surface area contributed by atoms with Crippen molar-refractivity contribution in [2.24, 2.45) is 0 Å². The zero-order chi connectivity index (χ0) is 17.9. The maximum absolute atomic E-state index is 13.3. The molecule has 0 aliphatic carbocycles. The molecule has 26 heavy (non-hydrogen) atoms. The number of carbonyl (C=O) groups is 1. The van der Waals surface area contributed by atoms with Gasteiger partial charge in [-0.2, -0.15) is 4.39 Å². The number of fused-ring (bicyclic) bond motifs is 1. The Hall–Kier alpha value is -3.54. The molecule has 0 saturated carbocycles. The molecule has 1 amide bonds. The molecule has 0 saturated heterocycles. The van der Waals surface area contributed by atoms with Gasteiger partial charge in [-0.1, -0.05) is 24.3 Å². The van der Waals surface area contributed by atoms with Gasteiger partial charge in [0.2, 0.25) is 5.95 Å². The predicted octanol–water partition coefficient (Wildman–Crippen LogP) is 3.88. The van der Waals surface area contributed by atoms with Gasteiger partial charge >= 0.3 is 0 Å². The van der Waals surface area contributed by atoms with Crippen LogP contribution >= 0.6 is 0 Å². The van der Waals surface area contributed by atoms with E-state index in [-0.39, 0.29) is 5.56 Å². The lowest BCUT2D eigenvalue weighted by molar-refractivity contribution is 0.0938. The number of pyridine rings is 2. The van der Waals surface area contributed by atoms with Gasteiger partial charge in [0.25, 0.3) is 5.91 Å². The molecule has 3 aromatic heterocycles. The van der Waals surface area contributed by atoms with Crippen molar-refractivity contribution in [1.82, 2.24) is 15.3 Å². The maximum atomic E-state index is 13.3. The summed E-state index contributed by atoms with van der Waals surface area (Å²) in [5.41, 5.74) is 1.66. The van der Waals surface area contributed by atoms with E-state index in [9.17, 15) is 9.18 Å². The van der Waals surface area contributed by atoms with Gasteiger partial charge in [0.15, 0.2) is 0 Å². The van der Waals surface area contributed by atoms with E-state index in [1.54, 1.807) is 18.5 Å². The first-order chi connectivity index (χ1) is 12.7. The van der Waals surface area contributed by atoms with Gasteiger partial charge in [0.05, 0.1) is 0 Å². The summed E-state index contributed by atoms with van der Waals surface area (Å²) in [5, 5.41) is 3.82. The topological polar surface area (TPSA) is 68.0 Å². The third-order valence-electron chi connectivity index (χ3n) is 4.01. The summed E-state index contributed by atoms with van der Waals surface area (Å²) in [5.74, 6) is -0.568. The van der Waals surface area contributed by atoms with Gasteiger partial charge in [-0.15, -0.1) is 0 Å². The number of halogens is 1. The fourth-order valence-corrected chi connectivity index (χ4v) is 2.77. The second kappa shape index (κ2) is 6.76. The van der Waals surface area contributed by atoms with Gasteiger partial charge in [-0.3, -0.25) is 9.78 Å². The molecule has 0 unspecified atom stereocenters. The Labute approximate surface area is 148 Å². The fraction of sp³-hybridized carbons (Fsp3) is 0.0500. The van der Waals surface area contributed by atoms with Crippen LogP contribution in [0.15, 0.2) is 77.6 Å². The minimum Gasteiger partial charge on any atom is -0.459 e. The Kier molecular flexibility index (Phi) is 4.15. The maximum Gasteiger partial charge on any atom is 0.252 e. The number of nitrogens with zero attached hydrogens (tertiary/aromatic N) is 2. The Morgan fingerprint density at radius 2 is 1.96 bits per heavy atom. The van der Waals surface area contributed by atoms with Crippen molar-refractivity contribution in [2.75, 3.05) is 0 Å². The van der Waals surface area contributed by atoms with Crippen molar-refractivity contribution in [3.63, 3.8) is 0 Å². The average Bonchev–Trinajstić information content (AvgIpc) is 3.10. The highest BCUT2D eigenvalue weighted by Crippen LogP contribution is 2.28. The third-order valence-corrected chi connectivity index (χ3v) is 4.01. The minimum absolute atomic E-state index is 0.183. The Morgan fingerprint density at radius 1 is 1.08 bits per heavy atom. The number of hydrogen-bond acceptors (Lipinski definition) is 4. The number of rotatable bonds is 4. The number of aromatic nitrogens is 2. The monoisotopic (exact) mass is 347 g/mol. The largest absolute Gasteiger partial charge is 0.459 e. The molecular formula is C20H14FN3O2. The molecule has 0 aliphatic heterocycles. The quantitative estimate of drug-likeness (QED) is 0.569. The van der Waals surface area contributed by atoms with Crippen LogP contribution in [-0.4, -0.2) is 15.9 Å². The van der Waals surface area contributed by atoms with Gasteiger partial charge < -0.3 is 9.73 Å². The minimum atomic E-state index is -0.709. The summed E-state index contributed by atoms with van der Waals surface area (Å²) in [4.78, 5) is 20.2. The first kappa shape index (κ1) is 16.0. The lowest BCUT2D eigenvalue weighted by Gasteiger charge is -2.16. The highest BCUT2D eigenvalue weighted by Gasteiger charge is 2.22. The van der Waals surface area contributed by atoms with Crippen LogP contribution in [0.1, 0.15) is 27.7 Å². The summed E-state index contributed by atoms with van der Waals surface area (Å²) in [6, 6.07) is 15.1. The van der Waals surface area contributed by atoms with E-state index in [0.717, 1.165) is 22.6 Å². The molecule has 4 aromatic rings. The molecule has 1 N–H and O–H groups in total. The first-order valence-electron chi connectivity index (χ1n) is 8.01. The van der Waals surface area contributed by atoms with Gasteiger partial charge in [-0.05, 0) is 24.3 Å². The van der Waals surface area contributed by atoms with Crippen molar-refractivity contribution in [1.29, 1.82) is 0 Å². The highest BCUT2D eigenvalue weighted by atomic mass is 19.1. The number of hydrogen-bond donors (Lipinski definition) is 1. The average molecular weight is 347 g/mol. The molecule has 6 heteroatoms. The Balaban J connectivity index is 1.72. The molecule has 128 valence electrons. The summed E-state index contributed by atoms with van der Waals surface area (Å²) >= 11 is 0. The molecule has 0 fully saturated rings. The summed E-state index contributed by atoms with van der Waals surface area (Å²) in [6.45, 7) is 0. The van der Waals surface area contributed by atoms with Crippen molar-refractivity contribution in [3.05, 3.63) is 96.0 Å².